The molecule has 0 radical (unpaired) electrons. The molecule has 2 aromatic carbocycles. The van der Waals surface area contributed by atoms with E-state index in [4.69, 9.17) is 9.47 Å². The maximum Gasteiger partial charge on any atom is 0.306 e. The molecule has 0 aromatic heterocycles. The molecular weight excluding hydrogens is 408 g/mol. The highest BCUT2D eigenvalue weighted by Gasteiger charge is 2.29. The molecule has 32 heavy (non-hydrogen) atoms. The summed E-state index contributed by atoms with van der Waals surface area (Å²) in [6.45, 7) is 8.85. The maximum absolute atomic E-state index is 12.1. The van der Waals surface area contributed by atoms with Gasteiger partial charge in [0, 0.05) is 31.1 Å². The normalized spacial score (nSPS) is 16.5. The number of carbonyl (C=O) groups is 1. The van der Waals surface area contributed by atoms with E-state index < -0.39 is 5.60 Å². The van der Waals surface area contributed by atoms with E-state index in [2.05, 4.69) is 4.90 Å². The van der Waals surface area contributed by atoms with E-state index >= 15 is 0 Å². The summed E-state index contributed by atoms with van der Waals surface area (Å²) >= 11 is 0. The van der Waals surface area contributed by atoms with Crippen molar-refractivity contribution in [2.45, 2.75) is 59.0 Å². The summed E-state index contributed by atoms with van der Waals surface area (Å²) in [5.41, 5.74) is 0.934. The number of hydrogen-bond acceptors (Lipinski definition) is 6. The van der Waals surface area contributed by atoms with Crippen LogP contribution in [0.2, 0.25) is 0 Å². The van der Waals surface area contributed by atoms with E-state index in [0.29, 0.717) is 36.6 Å². The summed E-state index contributed by atoms with van der Waals surface area (Å²) < 4.78 is 11.4. The molecule has 1 saturated heterocycles. The van der Waals surface area contributed by atoms with E-state index in [-0.39, 0.29) is 22.5 Å². The fourth-order valence-electron chi connectivity index (χ4n) is 4.16. The molecule has 172 valence electrons. The third kappa shape index (κ3) is 6.22. The summed E-state index contributed by atoms with van der Waals surface area (Å²) in [4.78, 5) is 25.7. The molecule has 0 spiro atoms. The highest BCUT2D eigenvalue weighted by Crippen LogP contribution is 2.41. The summed E-state index contributed by atoms with van der Waals surface area (Å²) in [6.07, 6.45) is 2.97. The van der Waals surface area contributed by atoms with Crippen molar-refractivity contribution in [1.29, 1.82) is 0 Å². The molecule has 0 N–H and O–H groups in total. The SMILES string of the molecule is Cc1c(Oc2ccccc2)ccc([N+](=O)[O-])c1N1CCC[C@@H](CCC(=O)OC(C)(C)C)C1. The molecule has 0 unspecified atom stereocenters. The Morgan fingerprint density at radius 3 is 2.56 bits per heavy atom. The molecule has 7 nitrogen and oxygen atoms in total. The first-order valence-corrected chi connectivity index (χ1v) is 11.1. The molecule has 0 saturated carbocycles. The summed E-state index contributed by atoms with van der Waals surface area (Å²) in [7, 11) is 0. The Balaban J connectivity index is 1.78. The molecule has 0 aliphatic carbocycles. The fourth-order valence-corrected chi connectivity index (χ4v) is 4.16. The van der Waals surface area contributed by atoms with Crippen LogP contribution in [0.1, 0.15) is 52.0 Å². The van der Waals surface area contributed by atoms with Gasteiger partial charge in [-0.2, -0.15) is 0 Å². The minimum atomic E-state index is -0.493. The lowest BCUT2D eigenvalue weighted by atomic mass is 9.92. The number of nitrogens with zero attached hydrogens (tertiary/aromatic N) is 2. The van der Waals surface area contributed by atoms with Gasteiger partial charge in [0.2, 0.25) is 0 Å². The van der Waals surface area contributed by atoms with Crippen LogP contribution < -0.4 is 9.64 Å². The van der Waals surface area contributed by atoms with Gasteiger partial charge < -0.3 is 14.4 Å². The zero-order chi connectivity index (χ0) is 23.3. The highest BCUT2D eigenvalue weighted by atomic mass is 16.6. The van der Waals surface area contributed by atoms with Crippen molar-refractivity contribution in [3.8, 4) is 11.5 Å². The Hall–Kier alpha value is -3.09. The van der Waals surface area contributed by atoms with Gasteiger partial charge in [-0.3, -0.25) is 14.9 Å². The van der Waals surface area contributed by atoms with Crippen LogP contribution in [-0.4, -0.2) is 29.6 Å². The molecule has 2 aromatic rings. The van der Waals surface area contributed by atoms with Crippen LogP contribution in [-0.2, 0) is 9.53 Å². The largest absolute Gasteiger partial charge is 0.460 e. The number of carbonyl (C=O) groups excluding carboxylic acids is 1. The van der Waals surface area contributed by atoms with Crippen molar-refractivity contribution < 1.29 is 19.2 Å². The van der Waals surface area contributed by atoms with Crippen molar-refractivity contribution in [3.63, 3.8) is 0 Å². The zero-order valence-electron chi connectivity index (χ0n) is 19.3. The van der Waals surface area contributed by atoms with Crippen molar-refractivity contribution in [1.82, 2.24) is 0 Å². The Bertz CT molecular complexity index is 953. The molecule has 1 fully saturated rings. The molecule has 1 aliphatic rings. The predicted molar refractivity (Wildman–Crippen MR) is 124 cm³/mol. The van der Waals surface area contributed by atoms with Gasteiger partial charge in [0.05, 0.1) is 4.92 Å². The van der Waals surface area contributed by atoms with Crippen molar-refractivity contribution in [2.75, 3.05) is 18.0 Å². The van der Waals surface area contributed by atoms with Gasteiger partial charge in [-0.05, 0) is 71.1 Å². The Labute approximate surface area is 189 Å². The third-order valence-corrected chi connectivity index (χ3v) is 5.54. The predicted octanol–water partition coefficient (Wildman–Crippen LogP) is 6.03. The van der Waals surface area contributed by atoms with Crippen LogP contribution in [0.3, 0.4) is 0 Å². The molecule has 1 aliphatic heterocycles. The third-order valence-electron chi connectivity index (χ3n) is 5.54. The van der Waals surface area contributed by atoms with Gasteiger partial charge in [0.25, 0.3) is 5.69 Å². The topological polar surface area (TPSA) is 81.9 Å². The molecule has 7 heteroatoms. The van der Waals surface area contributed by atoms with Crippen molar-refractivity contribution in [2.24, 2.45) is 5.92 Å². The fraction of sp³-hybridized carbons (Fsp3) is 0.480. The molecule has 0 amide bonds. The lowest BCUT2D eigenvalue weighted by molar-refractivity contribution is -0.384. The monoisotopic (exact) mass is 440 g/mol. The van der Waals surface area contributed by atoms with Crippen LogP contribution in [0.15, 0.2) is 42.5 Å². The van der Waals surface area contributed by atoms with E-state index in [1.807, 2.05) is 58.0 Å². The molecule has 1 heterocycles. The number of para-hydroxylation sites is 1. The Morgan fingerprint density at radius 1 is 1.19 bits per heavy atom. The average molecular weight is 441 g/mol. The van der Waals surface area contributed by atoms with Gasteiger partial charge in [0.15, 0.2) is 0 Å². The second-order valence-corrected chi connectivity index (χ2v) is 9.31. The number of esters is 1. The first kappa shape index (κ1) is 23.6. The van der Waals surface area contributed by atoms with E-state index in [0.717, 1.165) is 24.9 Å². The summed E-state index contributed by atoms with van der Waals surface area (Å²) in [6, 6.07) is 12.6. The van der Waals surface area contributed by atoms with Crippen molar-refractivity contribution >= 4 is 17.3 Å². The molecular formula is C25H32N2O5. The van der Waals surface area contributed by atoms with E-state index in [1.54, 1.807) is 6.07 Å². The van der Waals surface area contributed by atoms with E-state index in [9.17, 15) is 14.9 Å². The van der Waals surface area contributed by atoms with Crippen LogP contribution in [0.5, 0.6) is 11.5 Å². The minimum absolute atomic E-state index is 0.0794. The number of nitro benzene ring substituents is 1. The number of benzene rings is 2. The van der Waals surface area contributed by atoms with Gasteiger partial charge in [0.1, 0.15) is 22.8 Å². The number of nitro groups is 1. The Morgan fingerprint density at radius 2 is 1.91 bits per heavy atom. The number of anilines is 1. The lowest BCUT2D eigenvalue weighted by Gasteiger charge is -2.35. The van der Waals surface area contributed by atoms with Crippen molar-refractivity contribution in [3.05, 3.63) is 58.1 Å². The van der Waals surface area contributed by atoms with Crippen LogP contribution in [0.25, 0.3) is 0 Å². The number of ether oxygens (including phenoxy) is 2. The first-order chi connectivity index (χ1) is 15.1. The molecule has 0 bridgehead atoms. The minimum Gasteiger partial charge on any atom is -0.460 e. The van der Waals surface area contributed by atoms with Gasteiger partial charge in [-0.1, -0.05) is 18.2 Å². The van der Waals surface area contributed by atoms with Crippen LogP contribution in [0.4, 0.5) is 11.4 Å². The molecule has 1 atom stereocenters. The smallest absolute Gasteiger partial charge is 0.306 e. The maximum atomic E-state index is 12.1. The highest BCUT2D eigenvalue weighted by molar-refractivity contribution is 5.72. The van der Waals surface area contributed by atoms with Gasteiger partial charge >= 0.3 is 5.97 Å². The first-order valence-electron chi connectivity index (χ1n) is 11.1. The quantitative estimate of drug-likeness (QED) is 0.297. The van der Waals surface area contributed by atoms with Crippen LogP contribution in [0, 0.1) is 23.0 Å². The average Bonchev–Trinajstić information content (AvgIpc) is 2.73. The second kappa shape index (κ2) is 10.0. The molecule has 3 rings (SSSR count). The van der Waals surface area contributed by atoms with Gasteiger partial charge in [-0.25, -0.2) is 0 Å². The number of hydrogen-bond donors (Lipinski definition) is 0. The Kier molecular flexibility index (Phi) is 7.38. The second-order valence-electron chi connectivity index (χ2n) is 9.31. The van der Waals surface area contributed by atoms with E-state index in [1.165, 1.54) is 6.07 Å². The standard InChI is InChI=1S/C25H32N2O5/c1-18-22(31-20-10-6-5-7-11-20)14-13-21(27(29)30)24(18)26-16-8-9-19(17-26)12-15-23(28)32-25(2,3)4/h5-7,10-11,13-14,19H,8-9,12,15-17H2,1-4H3/t19-/m0/s1. The lowest BCUT2D eigenvalue weighted by Crippen LogP contribution is -2.36. The number of piperidine rings is 1. The summed E-state index contributed by atoms with van der Waals surface area (Å²) in [5, 5.41) is 11.8. The van der Waals surface area contributed by atoms with Gasteiger partial charge in [-0.15, -0.1) is 0 Å². The summed E-state index contributed by atoms with van der Waals surface area (Å²) in [5.74, 6) is 1.36. The number of rotatable bonds is 7. The zero-order valence-corrected chi connectivity index (χ0v) is 19.3. The van der Waals surface area contributed by atoms with Crippen LogP contribution >= 0.6 is 0 Å².